The van der Waals surface area contributed by atoms with E-state index < -0.39 is 18.0 Å². The third-order valence-corrected chi connectivity index (χ3v) is 3.81. The van der Waals surface area contributed by atoms with Gasteiger partial charge in [-0.25, -0.2) is 0 Å². The zero-order chi connectivity index (χ0) is 20.2. The molecule has 0 radical (unpaired) electrons. The van der Waals surface area contributed by atoms with Gasteiger partial charge >= 0.3 is 35.5 Å². The van der Waals surface area contributed by atoms with Gasteiger partial charge in [0, 0.05) is 12.5 Å². The van der Waals surface area contributed by atoms with Crippen LogP contribution in [-0.2, 0) is 9.59 Å². The summed E-state index contributed by atoms with van der Waals surface area (Å²) in [5.41, 5.74) is 10.2. The van der Waals surface area contributed by atoms with Crippen LogP contribution in [0.4, 0.5) is 0 Å². The van der Waals surface area contributed by atoms with E-state index in [1.807, 2.05) is 0 Å². The zero-order valence-corrected chi connectivity index (χ0v) is 19.1. The Morgan fingerprint density at radius 3 is 1.93 bits per heavy atom. The Balaban J connectivity index is -0.000000416. The van der Waals surface area contributed by atoms with Gasteiger partial charge in [-0.3, -0.25) is 10.2 Å². The molecule has 0 spiro atoms. The molecular formula is C18H37N4NaO4. The summed E-state index contributed by atoms with van der Waals surface area (Å²) in [6, 6.07) is -0.821. The largest absolute Gasteiger partial charge is 1.00 e. The number of nitrogens with two attached hydrogens (primary N) is 2. The number of hydrogen-bond acceptors (Lipinski definition) is 5. The number of rotatable bonds is 15. The second-order valence-electron chi connectivity index (χ2n) is 6.38. The fraction of sp³-hybridized carbons (Fsp3) is 0.833. The van der Waals surface area contributed by atoms with Gasteiger partial charge in [0.1, 0.15) is 6.04 Å². The molecule has 1 unspecified atom stereocenters. The number of carboxylic acids is 2. The molecule has 1 atom stereocenters. The summed E-state index contributed by atoms with van der Waals surface area (Å²) < 4.78 is 0. The molecule has 0 aromatic heterocycles. The molecule has 0 bridgehead atoms. The van der Waals surface area contributed by atoms with Gasteiger partial charge in [0.25, 0.3) is 0 Å². The van der Waals surface area contributed by atoms with Crippen LogP contribution >= 0.6 is 0 Å². The van der Waals surface area contributed by atoms with E-state index in [-0.39, 0.29) is 41.9 Å². The molecule has 0 aliphatic rings. The standard InChI is InChI=1S/C12H24O2.C6H14N4O2.Na/c1-2-3-4-5-6-7-8-9-10-11-12(13)14;7-4(5(11)12)2-1-3-10-6(8)9;/h2-11H2,1H3,(H,13,14);4H,1-3,7H2,(H,11,12)(H4,8,9,10);/q;;+1/p-1. The van der Waals surface area contributed by atoms with Crippen LogP contribution in [0.5, 0.6) is 0 Å². The summed E-state index contributed by atoms with van der Waals surface area (Å²) in [7, 11) is 0. The maximum Gasteiger partial charge on any atom is 1.00 e. The molecule has 0 aromatic carbocycles. The number of carbonyl (C=O) groups is 2. The fourth-order valence-corrected chi connectivity index (χ4v) is 2.25. The molecule has 7 N–H and O–H groups in total. The number of aliphatic carboxylic acids is 2. The van der Waals surface area contributed by atoms with E-state index >= 15 is 0 Å². The van der Waals surface area contributed by atoms with E-state index in [2.05, 4.69) is 12.2 Å². The van der Waals surface area contributed by atoms with Gasteiger partial charge in [-0.05, 0) is 25.7 Å². The van der Waals surface area contributed by atoms with Crippen molar-refractivity contribution in [2.45, 2.75) is 90.0 Å². The summed E-state index contributed by atoms with van der Waals surface area (Å²) in [6.45, 7) is 2.70. The van der Waals surface area contributed by atoms with Gasteiger partial charge in [0.05, 0.1) is 0 Å². The summed E-state index contributed by atoms with van der Waals surface area (Å²) in [4.78, 5) is 20.3. The van der Waals surface area contributed by atoms with Crippen LogP contribution in [-0.4, -0.2) is 35.6 Å². The van der Waals surface area contributed by atoms with E-state index in [4.69, 9.17) is 22.0 Å². The predicted octanol–water partition coefficient (Wildman–Crippen LogP) is -1.68. The Labute approximate surface area is 185 Å². The summed E-state index contributed by atoms with van der Waals surface area (Å²) in [5, 5.41) is 27.8. The maximum atomic E-state index is 10.2. The van der Waals surface area contributed by atoms with Crippen LogP contribution in [0.1, 0.15) is 84.0 Å². The van der Waals surface area contributed by atoms with E-state index in [1.54, 1.807) is 0 Å². The van der Waals surface area contributed by atoms with E-state index in [0.717, 1.165) is 12.8 Å². The van der Waals surface area contributed by atoms with Gasteiger partial charge in [-0.2, -0.15) is 0 Å². The van der Waals surface area contributed by atoms with Crippen molar-refractivity contribution in [3.8, 4) is 0 Å². The van der Waals surface area contributed by atoms with Crippen molar-refractivity contribution >= 4 is 17.9 Å². The van der Waals surface area contributed by atoms with Crippen molar-refractivity contribution in [3.63, 3.8) is 0 Å². The molecule has 0 aliphatic carbocycles. The topological polar surface area (TPSA) is 165 Å². The van der Waals surface area contributed by atoms with Crippen molar-refractivity contribution in [1.29, 1.82) is 5.41 Å². The molecule has 0 aromatic rings. The van der Waals surface area contributed by atoms with Crippen LogP contribution in [0.15, 0.2) is 0 Å². The molecule has 0 fully saturated rings. The monoisotopic (exact) mass is 396 g/mol. The van der Waals surface area contributed by atoms with Crippen LogP contribution in [0.2, 0.25) is 0 Å². The van der Waals surface area contributed by atoms with Crippen molar-refractivity contribution in [1.82, 2.24) is 5.32 Å². The van der Waals surface area contributed by atoms with E-state index in [9.17, 15) is 14.7 Å². The zero-order valence-electron chi connectivity index (χ0n) is 17.1. The molecule has 0 amide bonds. The molecule has 8 nitrogen and oxygen atoms in total. The predicted molar refractivity (Wildman–Crippen MR) is 102 cm³/mol. The van der Waals surface area contributed by atoms with Crippen molar-refractivity contribution in [3.05, 3.63) is 0 Å². The van der Waals surface area contributed by atoms with Gasteiger partial charge < -0.3 is 31.8 Å². The van der Waals surface area contributed by atoms with Gasteiger partial charge in [-0.15, -0.1) is 0 Å². The Hall–Kier alpha value is -0.830. The Morgan fingerprint density at radius 1 is 1.04 bits per heavy atom. The molecule has 0 heterocycles. The van der Waals surface area contributed by atoms with Crippen LogP contribution < -0.4 is 51.4 Å². The first-order valence-electron chi connectivity index (χ1n) is 9.57. The smallest absolute Gasteiger partial charge is 0.550 e. The molecule has 0 saturated carbocycles. The van der Waals surface area contributed by atoms with Gasteiger partial charge in [0.15, 0.2) is 5.96 Å². The maximum absolute atomic E-state index is 10.2. The minimum Gasteiger partial charge on any atom is -0.550 e. The SMILES string of the molecule is CCCCCCCCCCCC(=O)[O-].N=C(N)NCCCC(N)C(=O)O.[Na+]. The number of guanidine groups is 1. The second kappa shape index (κ2) is 23.2. The van der Waals surface area contributed by atoms with E-state index in [0.29, 0.717) is 19.4 Å². The molecular weight excluding hydrogens is 359 g/mol. The first kappa shape index (κ1) is 30.9. The number of carboxylic acid groups (broad SMARTS) is 2. The molecule has 0 rings (SSSR count). The second-order valence-corrected chi connectivity index (χ2v) is 6.38. The molecule has 0 aliphatic heterocycles. The molecule has 27 heavy (non-hydrogen) atoms. The number of nitrogens with one attached hydrogen (secondary N) is 2. The van der Waals surface area contributed by atoms with Crippen LogP contribution in [0, 0.1) is 5.41 Å². The van der Waals surface area contributed by atoms with Gasteiger partial charge in [0.2, 0.25) is 0 Å². The third-order valence-electron chi connectivity index (χ3n) is 3.81. The normalized spacial score (nSPS) is 10.7. The Morgan fingerprint density at radius 2 is 1.52 bits per heavy atom. The minimum atomic E-state index is -1.00. The van der Waals surface area contributed by atoms with Crippen LogP contribution in [0.25, 0.3) is 0 Å². The summed E-state index contributed by atoms with van der Waals surface area (Å²) >= 11 is 0. The number of carbonyl (C=O) groups excluding carboxylic acids is 1. The fourth-order valence-electron chi connectivity index (χ4n) is 2.25. The van der Waals surface area contributed by atoms with Crippen molar-refractivity contribution in [2.24, 2.45) is 11.5 Å². The molecule has 0 saturated heterocycles. The average molecular weight is 397 g/mol. The summed E-state index contributed by atoms with van der Waals surface area (Å²) in [5.74, 6) is -2.02. The number of unbranched alkanes of at least 4 members (excludes halogenated alkanes) is 8. The quantitative estimate of drug-likeness (QED) is 0.0954. The van der Waals surface area contributed by atoms with Crippen molar-refractivity contribution < 1.29 is 49.4 Å². The Bertz CT molecular complexity index is 384. The summed E-state index contributed by atoms with van der Waals surface area (Å²) in [6.07, 6.45) is 12.1. The van der Waals surface area contributed by atoms with Crippen molar-refractivity contribution in [2.75, 3.05) is 6.54 Å². The minimum absolute atomic E-state index is 0. The first-order valence-corrected chi connectivity index (χ1v) is 9.57. The third kappa shape index (κ3) is 30.2. The Kier molecular flexibility index (Phi) is 26.5. The molecule has 9 heteroatoms. The van der Waals surface area contributed by atoms with Gasteiger partial charge in [-0.1, -0.05) is 58.3 Å². The average Bonchev–Trinajstić information content (AvgIpc) is 2.57. The van der Waals surface area contributed by atoms with E-state index in [1.165, 1.54) is 44.9 Å². The molecule has 154 valence electrons. The van der Waals surface area contributed by atoms with Crippen LogP contribution in [0.3, 0.4) is 0 Å². The number of hydrogen-bond donors (Lipinski definition) is 5. The first-order chi connectivity index (χ1) is 12.3.